The second-order valence-electron chi connectivity index (χ2n) is 9.29. The van der Waals surface area contributed by atoms with Crippen molar-refractivity contribution in [3.8, 4) is 0 Å². The number of benzene rings is 1. The van der Waals surface area contributed by atoms with Crippen LogP contribution in [0, 0.1) is 11.3 Å². The van der Waals surface area contributed by atoms with Crippen molar-refractivity contribution in [2.75, 3.05) is 19.6 Å². The summed E-state index contributed by atoms with van der Waals surface area (Å²) in [7, 11) is 0. The molecule has 3 rings (SSSR count). The number of likely N-dealkylation sites (tertiary alicyclic amines) is 1. The molecule has 0 radical (unpaired) electrons. The highest BCUT2D eigenvalue weighted by Crippen LogP contribution is 2.46. The van der Waals surface area contributed by atoms with Crippen LogP contribution in [0.3, 0.4) is 0 Å². The summed E-state index contributed by atoms with van der Waals surface area (Å²) in [6, 6.07) is 3.47. The summed E-state index contributed by atoms with van der Waals surface area (Å²) in [5.74, 6) is 0.243. The number of H-pyrrole nitrogens is 1. The maximum Gasteiger partial charge on any atom is 0.317 e. The molecular weight excluding hydrogens is 392 g/mol. The summed E-state index contributed by atoms with van der Waals surface area (Å²) in [5, 5.41) is 32.3. The zero-order valence-corrected chi connectivity index (χ0v) is 18.3. The van der Waals surface area contributed by atoms with Crippen LogP contribution in [-0.2, 0) is 0 Å². The number of fused-ring (bicyclic) bond motifs is 1. The third-order valence-corrected chi connectivity index (χ3v) is 6.27. The second-order valence-corrected chi connectivity index (χ2v) is 9.72. The second kappa shape index (κ2) is 8.13. The molecule has 1 aromatic carbocycles. The average molecular weight is 423 g/mol. The van der Waals surface area contributed by atoms with Crippen LogP contribution in [0.2, 0.25) is 5.02 Å². The molecule has 1 aliphatic rings. The molecule has 7 nitrogen and oxygen atoms in total. The Bertz CT molecular complexity index is 866. The highest BCUT2D eigenvalue weighted by molar-refractivity contribution is 6.31. The molecule has 0 spiro atoms. The lowest BCUT2D eigenvalue weighted by Crippen LogP contribution is -2.49. The molecule has 0 bridgehead atoms. The van der Waals surface area contributed by atoms with E-state index in [1.165, 1.54) is 0 Å². The van der Waals surface area contributed by atoms with Crippen LogP contribution in [0.1, 0.15) is 52.2 Å². The average Bonchev–Trinajstić information content (AvgIpc) is 3.12. The molecule has 4 N–H and O–H groups in total. The maximum absolute atomic E-state index is 12.3. The van der Waals surface area contributed by atoms with Gasteiger partial charge in [-0.3, -0.25) is 5.10 Å². The Morgan fingerprint density at radius 3 is 2.62 bits per heavy atom. The van der Waals surface area contributed by atoms with E-state index >= 15 is 0 Å². The van der Waals surface area contributed by atoms with E-state index in [1.54, 1.807) is 31.0 Å². The van der Waals surface area contributed by atoms with Crippen molar-refractivity contribution < 1.29 is 15.0 Å². The standard InChI is InChI=1S/C21H31ClN4O3/c1-20(2,29)12-23-19(28)26-7-5-14(6-8-26)21(3,4)18(27)16-10-15(22)9-13-11-24-25-17(13)16/h9-11,14,18,27,29H,5-8,12H2,1-4H3,(H,23,28)(H,24,25). The quantitative estimate of drug-likeness (QED) is 0.592. The zero-order chi connectivity index (χ0) is 21.4. The van der Waals surface area contributed by atoms with Crippen LogP contribution >= 0.6 is 11.6 Å². The summed E-state index contributed by atoms with van der Waals surface area (Å²) < 4.78 is 0. The smallest absolute Gasteiger partial charge is 0.317 e. The first-order valence-electron chi connectivity index (χ1n) is 10.0. The number of nitrogens with one attached hydrogen (secondary N) is 2. The first-order chi connectivity index (χ1) is 13.5. The first-order valence-corrected chi connectivity index (χ1v) is 10.4. The third kappa shape index (κ3) is 4.85. The Labute approximate surface area is 176 Å². The number of hydrogen-bond acceptors (Lipinski definition) is 4. The predicted octanol–water partition coefficient (Wildman–Crippen LogP) is 3.47. The van der Waals surface area contributed by atoms with E-state index in [0.29, 0.717) is 18.1 Å². The van der Waals surface area contributed by atoms with Crippen molar-refractivity contribution in [3.05, 3.63) is 28.9 Å². The minimum Gasteiger partial charge on any atom is -0.389 e. The van der Waals surface area contributed by atoms with Gasteiger partial charge < -0.3 is 20.4 Å². The van der Waals surface area contributed by atoms with Crippen molar-refractivity contribution in [1.29, 1.82) is 0 Å². The van der Waals surface area contributed by atoms with Crippen LogP contribution in [0.25, 0.3) is 10.9 Å². The highest BCUT2D eigenvalue weighted by atomic mass is 35.5. The van der Waals surface area contributed by atoms with Crippen molar-refractivity contribution in [1.82, 2.24) is 20.4 Å². The molecule has 0 saturated carbocycles. The lowest BCUT2D eigenvalue weighted by atomic mass is 9.68. The number of carbonyl (C=O) groups is 1. The Hall–Kier alpha value is -1.83. The number of halogens is 1. The fourth-order valence-corrected chi connectivity index (χ4v) is 4.35. The molecule has 1 atom stereocenters. The minimum absolute atomic E-state index is 0.155. The number of aliphatic hydroxyl groups excluding tert-OH is 1. The van der Waals surface area contributed by atoms with Gasteiger partial charge in [-0.25, -0.2) is 4.79 Å². The van der Waals surface area contributed by atoms with Crippen molar-refractivity contribution in [2.24, 2.45) is 11.3 Å². The molecule has 1 aromatic heterocycles. The fraction of sp³-hybridized carbons (Fsp3) is 0.619. The number of carbonyl (C=O) groups excluding carboxylic acids is 1. The normalized spacial score (nSPS) is 17.6. The van der Waals surface area contributed by atoms with E-state index in [2.05, 4.69) is 29.4 Å². The summed E-state index contributed by atoms with van der Waals surface area (Å²) in [5.41, 5.74) is 0.215. The van der Waals surface area contributed by atoms with Gasteiger partial charge in [0.25, 0.3) is 0 Å². The Morgan fingerprint density at radius 1 is 1.34 bits per heavy atom. The molecule has 160 valence electrons. The van der Waals surface area contributed by atoms with Gasteiger partial charge in [0, 0.05) is 35.6 Å². The number of aromatic nitrogens is 2. The molecule has 29 heavy (non-hydrogen) atoms. The SMILES string of the molecule is CC(C)(O)CNC(=O)N1CCC(C(C)(C)C(O)c2cc(Cl)cc3cn[nH]c23)CC1. The number of piperidine rings is 1. The molecule has 2 heterocycles. The van der Waals surface area contributed by atoms with Gasteiger partial charge in [-0.2, -0.15) is 5.10 Å². The minimum atomic E-state index is -0.935. The summed E-state index contributed by atoms with van der Waals surface area (Å²) in [6.07, 6.45) is 2.58. The van der Waals surface area contributed by atoms with E-state index < -0.39 is 17.1 Å². The van der Waals surface area contributed by atoms with Crippen LogP contribution in [0.15, 0.2) is 18.3 Å². The van der Waals surface area contributed by atoms with Crippen molar-refractivity contribution >= 4 is 28.5 Å². The van der Waals surface area contributed by atoms with Gasteiger partial charge in [-0.15, -0.1) is 0 Å². The zero-order valence-electron chi connectivity index (χ0n) is 17.5. The van der Waals surface area contributed by atoms with Crippen LogP contribution in [0.5, 0.6) is 0 Å². The van der Waals surface area contributed by atoms with Gasteiger partial charge in [0.1, 0.15) is 0 Å². The molecule has 2 aromatic rings. The lowest BCUT2D eigenvalue weighted by molar-refractivity contribution is -0.0146. The van der Waals surface area contributed by atoms with E-state index in [9.17, 15) is 15.0 Å². The van der Waals surface area contributed by atoms with Gasteiger partial charge in [-0.05, 0) is 50.2 Å². The summed E-state index contributed by atoms with van der Waals surface area (Å²) >= 11 is 6.25. The highest BCUT2D eigenvalue weighted by Gasteiger charge is 2.40. The Kier molecular flexibility index (Phi) is 6.13. The number of amides is 2. The van der Waals surface area contributed by atoms with Gasteiger partial charge in [0.05, 0.1) is 23.4 Å². The first kappa shape index (κ1) is 21.9. The van der Waals surface area contributed by atoms with Crippen LogP contribution < -0.4 is 5.32 Å². The topological polar surface area (TPSA) is 101 Å². The largest absolute Gasteiger partial charge is 0.389 e. The number of hydrogen-bond donors (Lipinski definition) is 4. The molecule has 1 saturated heterocycles. The number of rotatable bonds is 5. The van der Waals surface area contributed by atoms with E-state index in [-0.39, 0.29) is 18.5 Å². The van der Waals surface area contributed by atoms with Gasteiger partial charge in [-0.1, -0.05) is 25.4 Å². The Morgan fingerprint density at radius 2 is 2.00 bits per heavy atom. The molecule has 1 fully saturated rings. The summed E-state index contributed by atoms with van der Waals surface area (Å²) in [4.78, 5) is 14.1. The van der Waals surface area contributed by atoms with Gasteiger partial charge >= 0.3 is 6.03 Å². The van der Waals surface area contributed by atoms with Gasteiger partial charge in [0.15, 0.2) is 0 Å². The van der Waals surface area contributed by atoms with E-state index in [1.807, 2.05) is 6.07 Å². The third-order valence-electron chi connectivity index (χ3n) is 6.05. The predicted molar refractivity (Wildman–Crippen MR) is 114 cm³/mol. The van der Waals surface area contributed by atoms with E-state index in [0.717, 1.165) is 29.3 Å². The molecule has 1 unspecified atom stereocenters. The Balaban J connectivity index is 1.68. The fourth-order valence-electron chi connectivity index (χ4n) is 4.12. The number of nitrogens with zero attached hydrogens (tertiary/aromatic N) is 2. The monoisotopic (exact) mass is 422 g/mol. The van der Waals surface area contributed by atoms with Crippen molar-refractivity contribution in [2.45, 2.75) is 52.2 Å². The van der Waals surface area contributed by atoms with Crippen LogP contribution in [-0.4, -0.2) is 56.6 Å². The number of aromatic amines is 1. The lowest BCUT2D eigenvalue weighted by Gasteiger charge is -2.43. The molecular formula is C21H31ClN4O3. The molecule has 2 amide bonds. The van der Waals surface area contributed by atoms with Gasteiger partial charge in [0.2, 0.25) is 0 Å². The molecule has 0 aliphatic carbocycles. The van der Waals surface area contributed by atoms with Crippen LogP contribution in [0.4, 0.5) is 4.79 Å². The number of urea groups is 1. The maximum atomic E-state index is 12.3. The number of aliphatic hydroxyl groups is 2. The molecule has 8 heteroatoms. The summed E-state index contributed by atoms with van der Waals surface area (Å²) in [6.45, 7) is 8.91. The van der Waals surface area contributed by atoms with E-state index in [4.69, 9.17) is 11.6 Å². The molecule has 1 aliphatic heterocycles. The van der Waals surface area contributed by atoms with Crippen molar-refractivity contribution in [3.63, 3.8) is 0 Å².